The van der Waals surface area contributed by atoms with Crippen LogP contribution in [0.2, 0.25) is 0 Å². The summed E-state index contributed by atoms with van der Waals surface area (Å²) in [6, 6.07) is 8.78. The zero-order valence-corrected chi connectivity index (χ0v) is 27.8. The average Bonchev–Trinajstić information content (AvgIpc) is 3.65. The van der Waals surface area contributed by atoms with Gasteiger partial charge in [-0.25, -0.2) is 0 Å². The lowest BCUT2D eigenvalue weighted by molar-refractivity contribution is 0.292. The van der Waals surface area contributed by atoms with Crippen molar-refractivity contribution in [2.75, 3.05) is 14.2 Å². The summed E-state index contributed by atoms with van der Waals surface area (Å²) < 4.78 is 11.8. The maximum absolute atomic E-state index is 5.29. The molecule has 0 atom stereocenters. The number of hydrogen-bond acceptors (Lipinski definition) is 4. The molecule has 2 rings (SSSR count). The molecular formula is C34H61BO2S2. The molecule has 39 heavy (non-hydrogen) atoms. The van der Waals surface area contributed by atoms with Gasteiger partial charge in [0.15, 0.2) is 0 Å². The van der Waals surface area contributed by atoms with Crippen LogP contribution >= 0.6 is 22.7 Å². The van der Waals surface area contributed by atoms with Crippen LogP contribution in [0.1, 0.15) is 152 Å². The van der Waals surface area contributed by atoms with Crippen LogP contribution in [0.3, 0.4) is 0 Å². The van der Waals surface area contributed by atoms with Gasteiger partial charge in [0, 0.05) is 28.8 Å². The van der Waals surface area contributed by atoms with E-state index >= 15 is 0 Å². The van der Waals surface area contributed by atoms with Gasteiger partial charge in [-0.2, -0.15) is 0 Å². The van der Waals surface area contributed by atoms with Crippen LogP contribution in [0.5, 0.6) is 0 Å². The molecule has 0 amide bonds. The monoisotopic (exact) mass is 576 g/mol. The molecule has 0 N–H and O–H groups in total. The summed E-state index contributed by atoms with van der Waals surface area (Å²) in [6.45, 7) is 4.56. The molecule has 0 aliphatic carbocycles. The van der Waals surface area contributed by atoms with Crippen molar-refractivity contribution >= 4 is 34.6 Å². The van der Waals surface area contributed by atoms with Gasteiger partial charge in [0.05, 0.1) is 0 Å². The lowest BCUT2D eigenvalue weighted by atomic mass is 9.88. The normalized spacial score (nSPS) is 11.0. The standard InChI is InChI=1S/C18H33BO2S.C16H28S/c1-4-5-6-7-8-9-10-11-12-13-14-17-15-16-18(22-17)19(20-2)21-3;1-2-3-4-5-6-7-8-9-10-11-13-16-14-12-15-17-16/h15-16H,4-14H2,1-3H3;12,14-15H,2-11,13H2,1H3. The lowest BCUT2D eigenvalue weighted by Crippen LogP contribution is -2.32. The fourth-order valence-corrected chi connectivity index (χ4v) is 6.87. The molecule has 0 saturated heterocycles. The minimum absolute atomic E-state index is 0.202. The maximum atomic E-state index is 5.29. The Balaban J connectivity index is 0.000000403. The quantitative estimate of drug-likeness (QED) is 0.0864. The van der Waals surface area contributed by atoms with Gasteiger partial charge in [0.1, 0.15) is 0 Å². The second-order valence-corrected chi connectivity index (χ2v) is 13.3. The third-order valence-electron chi connectivity index (χ3n) is 7.48. The molecule has 0 aromatic carbocycles. The summed E-state index contributed by atoms with van der Waals surface area (Å²) >= 11 is 3.72. The first-order chi connectivity index (χ1) is 19.2. The first kappa shape index (κ1) is 36.4. The molecule has 2 heterocycles. The number of hydrogen-bond donors (Lipinski definition) is 0. The third kappa shape index (κ3) is 20.8. The van der Waals surface area contributed by atoms with Crippen molar-refractivity contribution < 1.29 is 9.31 Å². The molecule has 0 bridgehead atoms. The van der Waals surface area contributed by atoms with Gasteiger partial charge in [-0.3, -0.25) is 0 Å². The fourth-order valence-electron chi connectivity index (χ4n) is 5.01. The van der Waals surface area contributed by atoms with Crippen LogP contribution in [0.4, 0.5) is 0 Å². The van der Waals surface area contributed by atoms with Crippen molar-refractivity contribution in [3.05, 3.63) is 39.4 Å². The van der Waals surface area contributed by atoms with Gasteiger partial charge in [0.25, 0.3) is 0 Å². The number of thiophene rings is 2. The fraction of sp³-hybridized carbons (Fsp3) is 0.765. The zero-order valence-electron chi connectivity index (χ0n) is 26.2. The first-order valence-corrected chi connectivity index (χ1v) is 18.1. The van der Waals surface area contributed by atoms with Crippen LogP contribution in [0, 0.1) is 0 Å². The van der Waals surface area contributed by atoms with Crippen LogP contribution < -0.4 is 4.78 Å². The van der Waals surface area contributed by atoms with Crippen molar-refractivity contribution in [3.8, 4) is 0 Å². The van der Waals surface area contributed by atoms with Crippen molar-refractivity contribution in [2.45, 2.75) is 155 Å². The first-order valence-electron chi connectivity index (χ1n) is 16.4. The largest absolute Gasteiger partial charge is 0.504 e. The zero-order chi connectivity index (χ0) is 28.2. The van der Waals surface area contributed by atoms with Gasteiger partial charge in [-0.05, 0) is 43.2 Å². The van der Waals surface area contributed by atoms with Crippen LogP contribution in [-0.4, -0.2) is 21.3 Å². The molecule has 2 aromatic rings. The van der Waals surface area contributed by atoms with E-state index in [9.17, 15) is 0 Å². The van der Waals surface area contributed by atoms with Crippen molar-refractivity contribution in [1.29, 1.82) is 0 Å². The third-order valence-corrected chi connectivity index (χ3v) is 9.58. The van der Waals surface area contributed by atoms with E-state index in [4.69, 9.17) is 9.31 Å². The summed E-state index contributed by atoms with van der Waals surface area (Å²) in [5.74, 6) is 0. The molecule has 0 saturated carbocycles. The Kier molecular flexibility index (Phi) is 25.7. The van der Waals surface area contributed by atoms with Crippen molar-refractivity contribution in [3.63, 3.8) is 0 Å². The van der Waals surface area contributed by atoms with E-state index in [0.717, 1.165) is 0 Å². The predicted molar refractivity (Wildman–Crippen MR) is 179 cm³/mol. The highest BCUT2D eigenvalue weighted by Crippen LogP contribution is 2.16. The molecule has 0 unspecified atom stereocenters. The maximum Gasteiger partial charge on any atom is 0.504 e. The minimum atomic E-state index is -0.202. The summed E-state index contributed by atoms with van der Waals surface area (Å²) in [4.78, 5) is 3.01. The molecular weight excluding hydrogens is 515 g/mol. The molecule has 0 spiro atoms. The molecule has 224 valence electrons. The molecule has 0 aliphatic rings. The Morgan fingerprint density at radius 2 is 0.974 bits per heavy atom. The Morgan fingerprint density at radius 1 is 0.538 bits per heavy atom. The van der Waals surface area contributed by atoms with Gasteiger partial charge < -0.3 is 9.31 Å². The smallest absolute Gasteiger partial charge is 0.410 e. The van der Waals surface area contributed by atoms with E-state index in [0.29, 0.717) is 0 Å². The minimum Gasteiger partial charge on any atom is -0.410 e. The highest BCUT2D eigenvalue weighted by atomic mass is 32.1. The molecule has 2 nitrogen and oxygen atoms in total. The van der Waals surface area contributed by atoms with E-state index in [-0.39, 0.29) is 7.12 Å². The summed E-state index contributed by atoms with van der Waals surface area (Å²) in [6.07, 6.45) is 30.8. The Hall–Kier alpha value is -0.615. The van der Waals surface area contributed by atoms with Gasteiger partial charge in [-0.15, -0.1) is 22.7 Å². The van der Waals surface area contributed by atoms with Crippen molar-refractivity contribution in [2.24, 2.45) is 0 Å². The number of unbranched alkanes of at least 4 members (excludes halogenated alkanes) is 18. The summed E-state index contributed by atoms with van der Waals surface area (Å²) in [5, 5.41) is 2.19. The highest BCUT2D eigenvalue weighted by molar-refractivity contribution is 7.22. The van der Waals surface area contributed by atoms with Crippen LogP contribution in [0.25, 0.3) is 0 Å². The van der Waals surface area contributed by atoms with Gasteiger partial charge >= 0.3 is 7.12 Å². The molecule has 0 aliphatic heterocycles. The van der Waals surface area contributed by atoms with Crippen LogP contribution in [0.15, 0.2) is 29.6 Å². The highest BCUT2D eigenvalue weighted by Gasteiger charge is 2.19. The molecule has 0 radical (unpaired) electrons. The van der Waals surface area contributed by atoms with E-state index in [2.05, 4.69) is 43.5 Å². The molecule has 2 aromatic heterocycles. The van der Waals surface area contributed by atoms with Gasteiger partial charge in [0.2, 0.25) is 0 Å². The Labute approximate surface area is 251 Å². The van der Waals surface area contributed by atoms with Crippen molar-refractivity contribution in [1.82, 2.24) is 0 Å². The summed E-state index contributed by atoms with van der Waals surface area (Å²) in [7, 11) is 3.18. The average molecular weight is 577 g/mol. The van der Waals surface area contributed by atoms with E-state index in [1.807, 2.05) is 22.7 Å². The van der Waals surface area contributed by atoms with E-state index in [1.165, 1.54) is 151 Å². The van der Waals surface area contributed by atoms with E-state index in [1.54, 1.807) is 19.1 Å². The van der Waals surface area contributed by atoms with E-state index < -0.39 is 0 Å². The second-order valence-electron chi connectivity index (χ2n) is 11.1. The molecule has 5 heteroatoms. The van der Waals surface area contributed by atoms with Gasteiger partial charge in [-0.1, -0.05) is 142 Å². The Bertz CT molecular complexity index is 727. The lowest BCUT2D eigenvalue weighted by Gasteiger charge is -2.04. The predicted octanol–water partition coefficient (Wildman–Crippen LogP) is 11.4. The summed E-state index contributed by atoms with van der Waals surface area (Å²) in [5.41, 5.74) is 0. The Morgan fingerprint density at radius 3 is 1.38 bits per heavy atom. The SMILES string of the molecule is CCCCCCCCCCCCc1ccc(B(OC)OC)s1.CCCCCCCCCCCCc1cccs1. The second kappa shape index (κ2) is 27.5. The topological polar surface area (TPSA) is 18.5 Å². The number of rotatable bonds is 25. The number of aryl methyl sites for hydroxylation is 2. The van der Waals surface area contributed by atoms with Crippen LogP contribution in [-0.2, 0) is 22.2 Å². The molecule has 0 fully saturated rings.